The molecule has 0 aliphatic carbocycles. The van der Waals surface area contributed by atoms with Crippen LogP contribution in [0.3, 0.4) is 0 Å². The molecule has 0 aromatic heterocycles. The van der Waals surface area contributed by atoms with Crippen LogP contribution in [0.5, 0.6) is 0 Å². The van der Waals surface area contributed by atoms with Crippen LogP contribution in [-0.2, 0) is 23.7 Å². The number of aryl methyl sites for hydroxylation is 2. The molecule has 3 rings (SSSR count). The number of rotatable bonds is 13. The van der Waals surface area contributed by atoms with Crippen molar-refractivity contribution in [2.45, 2.75) is 91.4 Å². The van der Waals surface area contributed by atoms with Crippen molar-refractivity contribution >= 4 is 39.8 Å². The Hall–Kier alpha value is -1.03. The van der Waals surface area contributed by atoms with Gasteiger partial charge in [-0.1, -0.05) is 77.1 Å². The number of benzene rings is 2. The average Bonchev–Trinajstić information content (AvgIpc) is 3.21. The van der Waals surface area contributed by atoms with Gasteiger partial charge in [-0.2, -0.15) is 0 Å². The van der Waals surface area contributed by atoms with E-state index in [0.29, 0.717) is 0 Å². The predicted molar refractivity (Wildman–Crippen MR) is 155 cm³/mol. The fourth-order valence-corrected chi connectivity index (χ4v) is 4.52. The van der Waals surface area contributed by atoms with Gasteiger partial charge in [0.1, 0.15) is 0 Å². The van der Waals surface area contributed by atoms with E-state index in [2.05, 4.69) is 104 Å². The molecule has 0 atom stereocenters. The Kier molecular flexibility index (Phi) is 15.0. The number of hydrogen-bond donors (Lipinski definition) is 0. The molecule has 0 fully saturated rings. The van der Waals surface area contributed by atoms with Crippen LogP contribution in [0.4, 0.5) is 0 Å². The van der Waals surface area contributed by atoms with Crippen molar-refractivity contribution < 1.29 is 15.6 Å². The van der Waals surface area contributed by atoms with Crippen LogP contribution in [0, 0.1) is 0 Å². The van der Waals surface area contributed by atoms with Crippen molar-refractivity contribution in [1.29, 1.82) is 0 Å². The maximum atomic E-state index is 11.3. The Balaban J connectivity index is 0.00000137. The summed E-state index contributed by atoms with van der Waals surface area (Å²) in [7, 11) is 1.25. The zero-order valence-corrected chi connectivity index (χ0v) is 25.6. The molecule has 1 aliphatic rings. The van der Waals surface area contributed by atoms with E-state index in [-0.39, 0.29) is 0 Å². The third-order valence-corrected chi connectivity index (χ3v) is 6.42. The first-order valence-electron chi connectivity index (χ1n) is 13.0. The number of halogens is 2. The fraction of sp³-hybridized carbons (Fsp3) is 0.467. The summed E-state index contributed by atoms with van der Waals surface area (Å²) in [6.07, 6.45) is 15.2. The van der Waals surface area contributed by atoms with Crippen LogP contribution < -0.4 is 0 Å². The number of nitrogens with zero attached hydrogens (tertiary/aromatic N) is 2. The topological polar surface area (TPSA) is 25.3 Å². The first-order chi connectivity index (χ1) is 17.1. The van der Waals surface area contributed by atoms with Crippen molar-refractivity contribution in [2.24, 2.45) is 0 Å². The molecular weight excluding hydrogens is 607 g/mol. The molecule has 0 bridgehead atoms. The van der Waals surface area contributed by atoms with E-state index < -0.39 is 0 Å². The van der Waals surface area contributed by atoms with Crippen LogP contribution in [0.2, 0.25) is 0 Å². The average molecular weight is 647 g/mol. The Morgan fingerprint density at radius 3 is 1.89 bits per heavy atom. The van der Waals surface area contributed by atoms with Gasteiger partial charge in [-0.25, -0.2) is 4.70 Å². The van der Waals surface area contributed by atoms with Crippen LogP contribution in [0.25, 0.3) is 16.9 Å². The van der Waals surface area contributed by atoms with E-state index in [1.54, 1.807) is 0 Å². The normalized spacial score (nSPS) is 13.2. The van der Waals surface area contributed by atoms with Gasteiger partial charge < -0.3 is 5.53 Å². The Morgan fingerprint density at radius 2 is 1.26 bits per heavy atom. The summed E-state index contributed by atoms with van der Waals surface area (Å²) in [5.41, 5.74) is 19.4. The van der Waals surface area contributed by atoms with Crippen molar-refractivity contribution in [1.82, 2.24) is 0 Å². The molecule has 1 aliphatic heterocycles. The molecule has 2 nitrogen and oxygen atoms in total. The first kappa shape index (κ1) is 30.2. The summed E-state index contributed by atoms with van der Waals surface area (Å²) in [4.78, 5) is 0. The van der Waals surface area contributed by atoms with E-state index in [9.17, 15) is 5.53 Å². The number of allylic oxidation sites excluding steroid dienone is 2. The predicted octanol–water partition coefficient (Wildman–Crippen LogP) is 10.8. The van der Waals surface area contributed by atoms with E-state index >= 15 is 0 Å². The summed E-state index contributed by atoms with van der Waals surface area (Å²) >= 11 is 6.00. The standard InChI is InChI=1S/C30H40N2.2BrH.Ni/c1-4-7-10-11-15-25-17-13-20-27(22-25)30-28(18-9-6-3)23-29(32(30)31)26-19-12-16-24(21-26)14-8-5-2;;;/h12-13,16-17,19-23H,4-11,14-15,18H2,1-3H3;2*1H;/q;;;+2/p-2. The van der Waals surface area contributed by atoms with Gasteiger partial charge in [-0.15, -0.1) is 0 Å². The Bertz CT molecular complexity index is 997. The molecule has 0 unspecified atom stereocenters. The van der Waals surface area contributed by atoms with E-state index in [1.807, 2.05) is 0 Å². The molecule has 2 aromatic rings. The molecule has 5 heteroatoms. The molecule has 35 heavy (non-hydrogen) atoms. The molecule has 0 N–H and O–H groups in total. The molecule has 0 amide bonds. The summed E-state index contributed by atoms with van der Waals surface area (Å²) < 4.78 is 1.44. The number of unbranched alkanes of at least 4 members (excludes halogenated alkanes) is 5. The monoisotopic (exact) mass is 644 g/mol. The van der Waals surface area contributed by atoms with Gasteiger partial charge in [0, 0.05) is 22.8 Å². The molecule has 0 saturated heterocycles. The first-order valence-corrected chi connectivity index (χ1v) is 17.9. The van der Waals surface area contributed by atoms with Gasteiger partial charge in [0.25, 0.3) is 0 Å². The van der Waals surface area contributed by atoms with Gasteiger partial charge >= 0.3 is 39.3 Å². The van der Waals surface area contributed by atoms with E-state index in [0.717, 1.165) is 54.6 Å². The Labute approximate surface area is 233 Å². The Morgan fingerprint density at radius 1 is 0.714 bits per heavy atom. The third kappa shape index (κ3) is 9.75. The van der Waals surface area contributed by atoms with Gasteiger partial charge in [0.2, 0.25) is 11.4 Å². The minimum absolute atomic E-state index is 0.901. The van der Waals surface area contributed by atoms with Crippen LogP contribution in [0.1, 0.15) is 101 Å². The van der Waals surface area contributed by atoms with Gasteiger partial charge in [0.05, 0.1) is 0 Å². The minimum atomic E-state index is 0.901. The molecule has 2 aromatic carbocycles. The van der Waals surface area contributed by atoms with Gasteiger partial charge in [-0.3, -0.25) is 0 Å². The summed E-state index contributed by atoms with van der Waals surface area (Å²) in [6, 6.07) is 17.5. The summed E-state index contributed by atoms with van der Waals surface area (Å²) in [6.45, 7) is 6.71. The van der Waals surface area contributed by atoms with Crippen molar-refractivity contribution in [3.05, 3.63) is 88.0 Å². The fourth-order valence-electron chi connectivity index (χ4n) is 4.52. The van der Waals surface area contributed by atoms with Crippen LogP contribution in [-0.4, -0.2) is 4.70 Å². The second-order valence-corrected chi connectivity index (χ2v) is 14.2. The summed E-state index contributed by atoms with van der Waals surface area (Å²) in [5.74, 6) is 0. The van der Waals surface area contributed by atoms with E-state index in [1.165, 1.54) is 70.8 Å². The maximum absolute atomic E-state index is 11.3. The molecule has 194 valence electrons. The quantitative estimate of drug-likeness (QED) is 0.118. The zero-order chi connectivity index (χ0) is 25.5. The van der Waals surface area contributed by atoms with Gasteiger partial charge in [0.15, 0.2) is 0 Å². The molecular formula is C30H40Br2N2Ni. The van der Waals surface area contributed by atoms with Crippen molar-refractivity contribution in [3.8, 4) is 0 Å². The van der Waals surface area contributed by atoms with Crippen molar-refractivity contribution in [3.63, 3.8) is 0 Å². The summed E-state index contributed by atoms with van der Waals surface area (Å²) in [5, 5.41) is 0. The molecule has 0 saturated carbocycles. The molecule has 0 radical (unpaired) electrons. The molecule has 1 heterocycles. The second-order valence-electron chi connectivity index (χ2n) is 9.18. The molecule has 0 spiro atoms. The van der Waals surface area contributed by atoms with E-state index in [4.69, 9.17) is 0 Å². The third-order valence-electron chi connectivity index (χ3n) is 6.42. The second kappa shape index (κ2) is 17.4. The van der Waals surface area contributed by atoms with Crippen molar-refractivity contribution in [2.75, 3.05) is 0 Å². The van der Waals surface area contributed by atoms with Crippen LogP contribution >= 0.6 is 28.5 Å². The number of hydrogen-bond acceptors (Lipinski definition) is 0. The zero-order valence-electron chi connectivity index (χ0n) is 21.4. The van der Waals surface area contributed by atoms with Gasteiger partial charge in [-0.05, 0) is 73.9 Å². The van der Waals surface area contributed by atoms with Crippen LogP contribution in [0.15, 0.2) is 60.2 Å². The SMILES string of the molecule is CCCCCCc1cccc(C2=C(CCCC)C=C(c3cccc(CCCC)c3)[N+]2=[N-])c1.[Br][Ni][Br].